The Hall–Kier alpha value is -2.99. The Labute approximate surface area is 199 Å². The van der Waals surface area contributed by atoms with Crippen LogP contribution in [0.3, 0.4) is 0 Å². The first-order valence-corrected chi connectivity index (χ1v) is 12.2. The van der Waals surface area contributed by atoms with E-state index in [0.29, 0.717) is 12.8 Å². The third-order valence-electron chi connectivity index (χ3n) is 6.32. The van der Waals surface area contributed by atoms with Crippen molar-refractivity contribution in [3.05, 3.63) is 96.1 Å². The molecule has 4 aromatic rings. The fourth-order valence-corrected chi connectivity index (χ4v) is 5.83. The summed E-state index contributed by atoms with van der Waals surface area (Å²) in [5.41, 5.74) is 11.0. The molecular weight excluding hydrogens is 426 g/mol. The molecule has 0 spiro atoms. The molecule has 0 bridgehead atoms. The Morgan fingerprint density at radius 2 is 1.55 bits per heavy atom. The number of thiazole rings is 1. The molecule has 1 aliphatic rings. The zero-order valence-corrected chi connectivity index (χ0v) is 19.6. The maximum absolute atomic E-state index is 10.2. The second kappa shape index (κ2) is 8.75. The summed E-state index contributed by atoms with van der Waals surface area (Å²) >= 11 is 1.69. The third kappa shape index (κ3) is 4.71. The predicted molar refractivity (Wildman–Crippen MR) is 137 cm³/mol. The van der Waals surface area contributed by atoms with Crippen LogP contribution >= 0.6 is 11.3 Å². The lowest BCUT2D eigenvalue weighted by Gasteiger charge is -2.49. The van der Waals surface area contributed by atoms with Crippen LogP contribution in [-0.2, 0) is 12.0 Å². The normalized spacial score (nSPS) is 22.0. The van der Waals surface area contributed by atoms with Crippen molar-refractivity contribution in [2.24, 2.45) is 5.73 Å². The first-order valence-electron chi connectivity index (χ1n) is 11.4. The first kappa shape index (κ1) is 21.8. The molecule has 4 nitrogen and oxygen atoms in total. The summed E-state index contributed by atoms with van der Waals surface area (Å²) in [4.78, 5) is 6.13. The molecule has 1 heterocycles. The van der Waals surface area contributed by atoms with E-state index < -0.39 is 11.1 Å². The quantitative estimate of drug-likeness (QED) is 0.328. The highest BCUT2D eigenvalue weighted by Crippen LogP contribution is 2.47. The van der Waals surface area contributed by atoms with Gasteiger partial charge < -0.3 is 16.2 Å². The van der Waals surface area contributed by atoms with E-state index in [0.717, 1.165) is 45.4 Å². The molecule has 168 valence electrons. The van der Waals surface area contributed by atoms with Gasteiger partial charge in [0.2, 0.25) is 0 Å². The van der Waals surface area contributed by atoms with Crippen molar-refractivity contribution in [1.82, 2.24) is 4.98 Å². The van der Waals surface area contributed by atoms with Crippen LogP contribution in [0.25, 0.3) is 21.7 Å². The Balaban J connectivity index is 1.40. The van der Waals surface area contributed by atoms with Crippen molar-refractivity contribution in [2.75, 3.05) is 11.9 Å². The van der Waals surface area contributed by atoms with E-state index in [2.05, 4.69) is 78.1 Å². The van der Waals surface area contributed by atoms with E-state index >= 15 is 0 Å². The first-order chi connectivity index (χ1) is 15.9. The molecule has 33 heavy (non-hydrogen) atoms. The Bertz CT molecular complexity index is 1210. The topological polar surface area (TPSA) is 71.2 Å². The number of anilines is 1. The molecule has 3 aromatic carbocycles. The van der Waals surface area contributed by atoms with Crippen LogP contribution in [0, 0.1) is 0 Å². The molecule has 5 rings (SSSR count). The van der Waals surface area contributed by atoms with Crippen molar-refractivity contribution in [2.45, 2.75) is 37.3 Å². The summed E-state index contributed by atoms with van der Waals surface area (Å²) in [6, 6.07) is 29.3. The molecule has 0 saturated heterocycles. The van der Waals surface area contributed by atoms with Crippen molar-refractivity contribution in [1.29, 1.82) is 0 Å². The lowest BCUT2D eigenvalue weighted by molar-refractivity contribution is -0.0738. The van der Waals surface area contributed by atoms with Gasteiger partial charge in [0.15, 0.2) is 5.13 Å². The van der Waals surface area contributed by atoms with Crippen LogP contribution in [-0.4, -0.2) is 22.2 Å². The number of rotatable bonds is 7. The zero-order chi connectivity index (χ0) is 22.9. The summed E-state index contributed by atoms with van der Waals surface area (Å²) in [5, 5.41) is 14.6. The smallest absolute Gasteiger partial charge is 0.183 e. The molecule has 0 atom stereocenters. The van der Waals surface area contributed by atoms with Gasteiger partial charge in [-0.3, -0.25) is 0 Å². The van der Waals surface area contributed by atoms with E-state index in [-0.39, 0.29) is 0 Å². The average molecular weight is 456 g/mol. The SMILES string of the molecule is CC1(O)CC(N)(c2ccc(-c3nc(NCCc4ccccc4)sc3-c3ccccc3)cc2)C1. The third-order valence-corrected chi connectivity index (χ3v) is 7.38. The minimum atomic E-state index is -0.664. The van der Waals surface area contributed by atoms with Gasteiger partial charge in [-0.25, -0.2) is 4.98 Å². The van der Waals surface area contributed by atoms with Gasteiger partial charge in [0.05, 0.1) is 16.2 Å². The maximum Gasteiger partial charge on any atom is 0.183 e. The van der Waals surface area contributed by atoms with E-state index in [4.69, 9.17) is 10.7 Å². The summed E-state index contributed by atoms with van der Waals surface area (Å²) in [6.07, 6.45) is 2.12. The number of benzene rings is 3. The number of aliphatic hydroxyl groups is 1. The van der Waals surface area contributed by atoms with Crippen LogP contribution in [0.1, 0.15) is 30.9 Å². The summed E-state index contributed by atoms with van der Waals surface area (Å²) < 4.78 is 0. The number of nitrogens with zero attached hydrogens (tertiary/aromatic N) is 1. The molecule has 0 aliphatic heterocycles. The van der Waals surface area contributed by atoms with Gasteiger partial charge in [-0.05, 0) is 42.9 Å². The molecule has 4 N–H and O–H groups in total. The molecule has 1 saturated carbocycles. The standard InChI is InChI=1S/C28H29N3OS/c1-27(32)18-28(29,19-27)23-14-12-21(13-15-23)24-25(22-10-6-3-7-11-22)33-26(31-24)30-17-16-20-8-4-2-5-9-20/h2-15,32H,16-19,29H2,1H3,(H,30,31). The molecule has 0 unspecified atom stereocenters. The minimum Gasteiger partial charge on any atom is -0.390 e. The van der Waals surface area contributed by atoms with Crippen molar-refractivity contribution in [3.63, 3.8) is 0 Å². The average Bonchev–Trinajstić information content (AvgIpc) is 3.23. The monoisotopic (exact) mass is 455 g/mol. The fourth-order valence-electron chi connectivity index (χ4n) is 4.81. The molecule has 1 fully saturated rings. The maximum atomic E-state index is 10.2. The number of hydrogen-bond donors (Lipinski definition) is 3. The predicted octanol–water partition coefficient (Wildman–Crippen LogP) is 5.83. The highest BCUT2D eigenvalue weighted by atomic mass is 32.1. The summed E-state index contributed by atoms with van der Waals surface area (Å²) in [6.45, 7) is 2.68. The Morgan fingerprint density at radius 3 is 2.18 bits per heavy atom. The lowest BCUT2D eigenvalue weighted by Crippen LogP contribution is -2.58. The van der Waals surface area contributed by atoms with Gasteiger partial charge in [0.1, 0.15) is 0 Å². The van der Waals surface area contributed by atoms with Gasteiger partial charge in [0.25, 0.3) is 0 Å². The van der Waals surface area contributed by atoms with Crippen molar-refractivity contribution < 1.29 is 5.11 Å². The van der Waals surface area contributed by atoms with Gasteiger partial charge in [0, 0.05) is 17.6 Å². The molecule has 1 aliphatic carbocycles. The summed E-state index contributed by atoms with van der Waals surface area (Å²) in [5.74, 6) is 0. The minimum absolute atomic E-state index is 0.448. The van der Waals surface area contributed by atoms with Gasteiger partial charge in [-0.15, -0.1) is 0 Å². The van der Waals surface area contributed by atoms with E-state index in [1.807, 2.05) is 19.1 Å². The van der Waals surface area contributed by atoms with Gasteiger partial charge >= 0.3 is 0 Å². The number of nitrogens with two attached hydrogens (primary N) is 1. The number of nitrogens with one attached hydrogen (secondary N) is 1. The second-order valence-corrected chi connectivity index (χ2v) is 10.3. The van der Waals surface area contributed by atoms with Crippen LogP contribution in [0.2, 0.25) is 0 Å². The Kier molecular flexibility index (Phi) is 5.79. The van der Waals surface area contributed by atoms with Crippen LogP contribution in [0.4, 0.5) is 5.13 Å². The van der Waals surface area contributed by atoms with E-state index in [9.17, 15) is 5.11 Å². The highest BCUT2D eigenvalue weighted by molar-refractivity contribution is 7.19. The molecule has 5 heteroatoms. The molecule has 0 amide bonds. The lowest BCUT2D eigenvalue weighted by atomic mass is 9.63. The van der Waals surface area contributed by atoms with Crippen molar-refractivity contribution in [3.8, 4) is 21.7 Å². The fraction of sp³-hybridized carbons (Fsp3) is 0.250. The van der Waals surface area contributed by atoms with Crippen LogP contribution in [0.5, 0.6) is 0 Å². The second-order valence-electron chi connectivity index (χ2n) is 9.31. The van der Waals surface area contributed by atoms with E-state index in [1.54, 1.807) is 11.3 Å². The van der Waals surface area contributed by atoms with E-state index in [1.165, 1.54) is 5.56 Å². The molecule has 1 aromatic heterocycles. The summed E-state index contributed by atoms with van der Waals surface area (Å²) in [7, 11) is 0. The molecular formula is C28H29N3OS. The number of aromatic nitrogens is 1. The highest BCUT2D eigenvalue weighted by Gasteiger charge is 2.49. The van der Waals surface area contributed by atoms with Crippen LogP contribution < -0.4 is 11.1 Å². The molecule has 0 radical (unpaired) electrons. The number of hydrogen-bond acceptors (Lipinski definition) is 5. The Morgan fingerprint density at radius 1 is 0.909 bits per heavy atom. The largest absolute Gasteiger partial charge is 0.390 e. The van der Waals surface area contributed by atoms with Crippen molar-refractivity contribution >= 4 is 16.5 Å². The van der Waals surface area contributed by atoms with Gasteiger partial charge in [-0.2, -0.15) is 0 Å². The van der Waals surface area contributed by atoms with Crippen LogP contribution in [0.15, 0.2) is 84.9 Å². The van der Waals surface area contributed by atoms with Gasteiger partial charge in [-0.1, -0.05) is 96.3 Å². The zero-order valence-electron chi connectivity index (χ0n) is 18.8.